The first-order chi connectivity index (χ1) is 16.5. The SMILES string of the molecule is CC(COc1ccccn1)[C@H]1CCC(C2CC[C@@H]3CC(N4CCNCC4)CC[C@]3(C)C2C)C1C. The highest BCUT2D eigenvalue weighted by molar-refractivity contribution is 5.09. The molecule has 1 N–H and O–H groups in total. The minimum Gasteiger partial charge on any atom is -0.477 e. The van der Waals surface area contributed by atoms with Gasteiger partial charge in [0.2, 0.25) is 5.88 Å². The van der Waals surface area contributed by atoms with Gasteiger partial charge in [-0.3, -0.25) is 4.90 Å². The molecule has 0 bridgehead atoms. The van der Waals surface area contributed by atoms with Crippen LogP contribution in [0.5, 0.6) is 5.88 Å². The molecule has 4 heteroatoms. The zero-order valence-electron chi connectivity index (χ0n) is 22.2. The lowest BCUT2D eigenvalue weighted by Crippen LogP contribution is -2.54. The van der Waals surface area contributed by atoms with E-state index in [9.17, 15) is 0 Å². The van der Waals surface area contributed by atoms with Gasteiger partial charge in [-0.15, -0.1) is 0 Å². The number of nitrogens with zero attached hydrogens (tertiary/aromatic N) is 2. The van der Waals surface area contributed by atoms with E-state index in [2.05, 4.69) is 42.9 Å². The third-order valence-corrected chi connectivity index (χ3v) is 11.3. The van der Waals surface area contributed by atoms with Gasteiger partial charge in [-0.1, -0.05) is 33.8 Å². The third kappa shape index (κ3) is 4.78. The topological polar surface area (TPSA) is 37.4 Å². The summed E-state index contributed by atoms with van der Waals surface area (Å²) in [5, 5.41) is 3.54. The fourth-order valence-corrected chi connectivity index (χ4v) is 8.95. The number of aromatic nitrogens is 1. The molecule has 9 atom stereocenters. The molecule has 1 aromatic heterocycles. The molecule has 1 saturated heterocycles. The molecule has 5 rings (SSSR count). The Morgan fingerprint density at radius 3 is 2.65 bits per heavy atom. The second-order valence-corrected chi connectivity index (χ2v) is 12.7. The van der Waals surface area contributed by atoms with E-state index >= 15 is 0 Å². The highest BCUT2D eigenvalue weighted by Crippen LogP contribution is 2.60. The molecule has 0 amide bonds. The first-order valence-electron chi connectivity index (χ1n) is 14.5. The lowest BCUT2D eigenvalue weighted by molar-refractivity contribution is -0.0723. The summed E-state index contributed by atoms with van der Waals surface area (Å²) in [6, 6.07) is 6.79. The maximum Gasteiger partial charge on any atom is 0.213 e. The van der Waals surface area contributed by atoms with Crippen molar-refractivity contribution in [2.75, 3.05) is 32.8 Å². The van der Waals surface area contributed by atoms with Crippen molar-refractivity contribution in [3.8, 4) is 5.88 Å². The van der Waals surface area contributed by atoms with Crippen molar-refractivity contribution < 1.29 is 4.74 Å². The minimum atomic E-state index is 0.555. The van der Waals surface area contributed by atoms with Crippen LogP contribution in [0.3, 0.4) is 0 Å². The molecule has 1 aromatic rings. The first kappa shape index (κ1) is 24.6. The van der Waals surface area contributed by atoms with Crippen LogP contribution < -0.4 is 10.1 Å². The van der Waals surface area contributed by atoms with Crippen LogP contribution in [0.4, 0.5) is 0 Å². The molecule has 0 spiro atoms. The third-order valence-electron chi connectivity index (χ3n) is 11.3. The summed E-state index contributed by atoms with van der Waals surface area (Å²) < 4.78 is 6.06. The van der Waals surface area contributed by atoms with E-state index in [0.717, 1.165) is 54.0 Å². The number of rotatable bonds is 6. The predicted molar refractivity (Wildman–Crippen MR) is 140 cm³/mol. The Bertz CT molecular complexity index is 781. The summed E-state index contributed by atoms with van der Waals surface area (Å²) in [4.78, 5) is 7.16. The van der Waals surface area contributed by atoms with Gasteiger partial charge in [-0.25, -0.2) is 4.98 Å². The average molecular weight is 468 g/mol. The molecule has 1 aliphatic heterocycles. The molecule has 2 heterocycles. The highest BCUT2D eigenvalue weighted by Gasteiger charge is 2.52. The normalized spacial score (nSPS) is 42.2. The Hall–Kier alpha value is -1.13. The van der Waals surface area contributed by atoms with E-state index in [1.807, 2.05) is 24.4 Å². The number of piperazine rings is 1. The Morgan fingerprint density at radius 1 is 1.09 bits per heavy atom. The predicted octanol–water partition coefficient (Wildman–Crippen LogP) is 5.89. The quantitative estimate of drug-likeness (QED) is 0.566. The Labute approximate surface area is 208 Å². The van der Waals surface area contributed by atoms with E-state index in [1.165, 1.54) is 71.1 Å². The number of hydrogen-bond acceptors (Lipinski definition) is 4. The van der Waals surface area contributed by atoms with Crippen molar-refractivity contribution in [3.05, 3.63) is 24.4 Å². The average Bonchev–Trinajstić information content (AvgIpc) is 3.25. The fourth-order valence-electron chi connectivity index (χ4n) is 8.95. The molecule has 3 aliphatic carbocycles. The van der Waals surface area contributed by atoms with Crippen molar-refractivity contribution in [1.29, 1.82) is 0 Å². The molecule has 190 valence electrons. The Balaban J connectivity index is 1.18. The van der Waals surface area contributed by atoms with Crippen LogP contribution >= 0.6 is 0 Å². The van der Waals surface area contributed by atoms with E-state index in [-0.39, 0.29) is 0 Å². The Kier molecular flexibility index (Phi) is 7.56. The second kappa shape index (κ2) is 10.5. The van der Waals surface area contributed by atoms with Gasteiger partial charge in [0.05, 0.1) is 6.61 Å². The van der Waals surface area contributed by atoms with Crippen molar-refractivity contribution in [2.24, 2.45) is 46.8 Å². The number of pyridine rings is 1. The molecular formula is C30H49N3O. The largest absolute Gasteiger partial charge is 0.477 e. The van der Waals surface area contributed by atoms with Crippen LogP contribution in [-0.2, 0) is 0 Å². The van der Waals surface area contributed by atoms with Crippen LogP contribution in [0.1, 0.15) is 72.6 Å². The minimum absolute atomic E-state index is 0.555. The molecule has 34 heavy (non-hydrogen) atoms. The van der Waals surface area contributed by atoms with Crippen molar-refractivity contribution >= 4 is 0 Å². The Morgan fingerprint density at radius 2 is 1.88 bits per heavy atom. The molecule has 3 saturated carbocycles. The number of ether oxygens (including phenoxy) is 1. The van der Waals surface area contributed by atoms with Crippen molar-refractivity contribution in [1.82, 2.24) is 15.2 Å². The molecular weight excluding hydrogens is 418 g/mol. The van der Waals surface area contributed by atoms with E-state index in [4.69, 9.17) is 4.74 Å². The molecule has 0 aromatic carbocycles. The monoisotopic (exact) mass is 467 g/mol. The van der Waals surface area contributed by atoms with Crippen molar-refractivity contribution in [3.63, 3.8) is 0 Å². The van der Waals surface area contributed by atoms with E-state index in [1.54, 1.807) is 0 Å². The number of fused-ring (bicyclic) bond motifs is 1. The summed E-state index contributed by atoms with van der Waals surface area (Å²) in [5.74, 6) is 6.59. The summed E-state index contributed by atoms with van der Waals surface area (Å²) in [6.45, 7) is 16.0. The summed E-state index contributed by atoms with van der Waals surface area (Å²) in [5.41, 5.74) is 0.555. The van der Waals surface area contributed by atoms with Gasteiger partial charge < -0.3 is 10.1 Å². The molecule has 0 radical (unpaired) electrons. The molecule has 4 nitrogen and oxygen atoms in total. The van der Waals surface area contributed by atoms with Gasteiger partial charge in [-0.05, 0) is 97.9 Å². The van der Waals surface area contributed by atoms with Crippen LogP contribution in [0.25, 0.3) is 0 Å². The van der Waals surface area contributed by atoms with E-state index < -0.39 is 0 Å². The smallest absolute Gasteiger partial charge is 0.213 e. The summed E-state index contributed by atoms with van der Waals surface area (Å²) in [6.07, 6.45) is 11.9. The second-order valence-electron chi connectivity index (χ2n) is 12.7. The van der Waals surface area contributed by atoms with E-state index in [0.29, 0.717) is 11.3 Å². The summed E-state index contributed by atoms with van der Waals surface area (Å²) in [7, 11) is 0. The van der Waals surface area contributed by atoms with Crippen LogP contribution in [0, 0.1) is 46.8 Å². The first-order valence-corrected chi connectivity index (χ1v) is 14.5. The molecule has 4 aliphatic rings. The maximum atomic E-state index is 6.06. The van der Waals surface area contributed by atoms with Crippen molar-refractivity contribution in [2.45, 2.75) is 78.7 Å². The van der Waals surface area contributed by atoms with Gasteiger partial charge in [-0.2, -0.15) is 0 Å². The molecule has 6 unspecified atom stereocenters. The maximum absolute atomic E-state index is 6.06. The summed E-state index contributed by atoms with van der Waals surface area (Å²) >= 11 is 0. The zero-order chi connectivity index (χ0) is 23.7. The van der Waals surface area contributed by atoms with Gasteiger partial charge in [0.15, 0.2) is 0 Å². The van der Waals surface area contributed by atoms with Gasteiger partial charge in [0.25, 0.3) is 0 Å². The van der Waals surface area contributed by atoms with Crippen LogP contribution in [-0.4, -0.2) is 48.7 Å². The van der Waals surface area contributed by atoms with Gasteiger partial charge >= 0.3 is 0 Å². The standard InChI is InChI=1S/C30H49N3O/c1-21(20-34-29-7-5-6-14-32-29)26-10-11-27(22(26)2)28-9-8-24-19-25(33-17-15-31-16-18-33)12-13-30(24,4)23(28)3/h5-7,14,21-28,31H,8-13,15-20H2,1-4H3/t21?,22?,23?,24-,25?,26-,27?,28?,30-/m1/s1. The zero-order valence-corrected chi connectivity index (χ0v) is 22.2. The van der Waals surface area contributed by atoms with Crippen LogP contribution in [0.15, 0.2) is 24.4 Å². The lowest BCUT2D eigenvalue weighted by Gasteiger charge is -2.57. The lowest BCUT2D eigenvalue weighted by atomic mass is 9.50. The fraction of sp³-hybridized carbons (Fsp3) is 0.833. The van der Waals surface area contributed by atoms with Crippen LogP contribution in [0.2, 0.25) is 0 Å². The number of hydrogen-bond donors (Lipinski definition) is 1. The molecule has 4 fully saturated rings. The highest BCUT2D eigenvalue weighted by atomic mass is 16.5. The van der Waals surface area contributed by atoms with Gasteiger partial charge in [0.1, 0.15) is 0 Å². The number of nitrogens with one attached hydrogen (secondary N) is 1. The van der Waals surface area contributed by atoms with Gasteiger partial charge in [0, 0.05) is 44.5 Å².